The molecule has 1 N–H and O–H groups in total. The summed E-state index contributed by atoms with van der Waals surface area (Å²) in [7, 11) is -3.83. The van der Waals surface area contributed by atoms with Crippen LogP contribution in [0.4, 0.5) is 5.69 Å². The van der Waals surface area contributed by atoms with Crippen LogP contribution in [0.5, 0.6) is 0 Å². The van der Waals surface area contributed by atoms with Gasteiger partial charge in [-0.2, -0.15) is 9.40 Å². The molecule has 13 heteroatoms. The molecule has 156 valence electrons. The normalized spacial score (nSPS) is 14.8. The van der Waals surface area contributed by atoms with E-state index in [1.807, 2.05) is 0 Å². The SMILES string of the molecule is O=C(NCCn1cc([N+](=O)[O-])cn1)c1cc(S(=O)(=O)N2CCCC2)c(Cl)cc1Cl. The van der Waals surface area contributed by atoms with Crippen molar-refractivity contribution in [3.05, 3.63) is 50.2 Å². The van der Waals surface area contributed by atoms with Crippen LogP contribution in [-0.4, -0.2) is 53.0 Å². The first kappa shape index (κ1) is 21.5. The molecule has 0 bridgehead atoms. The summed E-state index contributed by atoms with van der Waals surface area (Å²) in [6.45, 7) is 1.09. The maximum Gasteiger partial charge on any atom is 0.306 e. The first-order valence-electron chi connectivity index (χ1n) is 8.64. The van der Waals surface area contributed by atoms with Crippen LogP contribution in [-0.2, 0) is 16.6 Å². The topological polar surface area (TPSA) is 127 Å². The fourth-order valence-corrected chi connectivity index (χ4v) is 5.27. The number of carbonyl (C=O) groups excluding carboxylic acids is 1. The van der Waals surface area contributed by atoms with Crippen LogP contribution in [0.15, 0.2) is 29.4 Å². The summed E-state index contributed by atoms with van der Waals surface area (Å²) in [5.41, 5.74) is -0.186. The number of amides is 1. The lowest BCUT2D eigenvalue weighted by Gasteiger charge is -2.17. The van der Waals surface area contributed by atoms with Gasteiger partial charge in [0.05, 0.1) is 27.1 Å². The van der Waals surface area contributed by atoms with Gasteiger partial charge in [0.2, 0.25) is 10.0 Å². The van der Waals surface area contributed by atoms with Crippen molar-refractivity contribution in [3.8, 4) is 0 Å². The van der Waals surface area contributed by atoms with Crippen LogP contribution in [0.2, 0.25) is 10.0 Å². The lowest BCUT2D eigenvalue weighted by atomic mass is 10.2. The summed E-state index contributed by atoms with van der Waals surface area (Å²) < 4.78 is 28.2. The minimum atomic E-state index is -3.83. The van der Waals surface area contributed by atoms with E-state index in [9.17, 15) is 23.3 Å². The molecule has 1 aromatic heterocycles. The van der Waals surface area contributed by atoms with E-state index in [2.05, 4.69) is 10.4 Å². The van der Waals surface area contributed by atoms with Crippen molar-refractivity contribution in [2.24, 2.45) is 0 Å². The Morgan fingerprint density at radius 2 is 1.93 bits per heavy atom. The number of halogens is 2. The quantitative estimate of drug-likeness (QED) is 0.497. The Morgan fingerprint density at radius 3 is 2.55 bits per heavy atom. The van der Waals surface area contributed by atoms with E-state index in [1.54, 1.807) is 0 Å². The minimum Gasteiger partial charge on any atom is -0.350 e. The Bertz CT molecular complexity index is 1050. The summed E-state index contributed by atoms with van der Waals surface area (Å²) in [6.07, 6.45) is 3.88. The minimum absolute atomic E-state index is 0.0163. The molecule has 2 aromatic rings. The molecule has 0 unspecified atom stereocenters. The summed E-state index contributed by atoms with van der Waals surface area (Å²) in [5.74, 6) is -0.591. The Morgan fingerprint density at radius 1 is 1.24 bits per heavy atom. The highest BCUT2D eigenvalue weighted by Gasteiger charge is 2.30. The molecule has 1 aliphatic rings. The maximum atomic E-state index is 12.8. The van der Waals surface area contributed by atoms with E-state index >= 15 is 0 Å². The predicted octanol–water partition coefficient (Wildman–Crippen LogP) is 2.31. The van der Waals surface area contributed by atoms with Gasteiger partial charge in [-0.1, -0.05) is 23.2 Å². The third-order valence-corrected chi connectivity index (χ3v) is 7.08. The number of rotatable bonds is 7. The standard InChI is InChI=1S/C16H17Cl2N5O5S/c17-13-8-14(18)15(29(27,28)22-4-1-2-5-22)7-12(13)16(24)19-3-6-21-10-11(9-20-21)23(25)26/h7-10H,1-6H2,(H,19,24). The zero-order valence-corrected chi connectivity index (χ0v) is 17.4. The third-order valence-electron chi connectivity index (χ3n) is 4.41. The summed E-state index contributed by atoms with van der Waals surface area (Å²) in [6, 6.07) is 2.41. The zero-order chi connectivity index (χ0) is 21.2. The van der Waals surface area contributed by atoms with Gasteiger partial charge < -0.3 is 5.32 Å². The average Bonchev–Trinajstić information content (AvgIpc) is 3.34. The van der Waals surface area contributed by atoms with E-state index in [0.29, 0.717) is 13.1 Å². The average molecular weight is 462 g/mol. The first-order chi connectivity index (χ1) is 13.7. The first-order valence-corrected chi connectivity index (χ1v) is 10.8. The molecular weight excluding hydrogens is 445 g/mol. The van der Waals surface area contributed by atoms with Crippen LogP contribution < -0.4 is 5.32 Å². The van der Waals surface area contributed by atoms with Gasteiger partial charge in [-0.25, -0.2) is 8.42 Å². The van der Waals surface area contributed by atoms with E-state index in [0.717, 1.165) is 19.0 Å². The molecule has 10 nitrogen and oxygen atoms in total. The molecule has 3 rings (SSSR count). The molecule has 1 aliphatic heterocycles. The van der Waals surface area contributed by atoms with Crippen LogP contribution in [0, 0.1) is 10.1 Å². The number of aromatic nitrogens is 2. The van der Waals surface area contributed by atoms with Crippen molar-refractivity contribution in [1.29, 1.82) is 0 Å². The molecule has 0 spiro atoms. The molecule has 29 heavy (non-hydrogen) atoms. The van der Waals surface area contributed by atoms with E-state index in [-0.39, 0.29) is 39.3 Å². The van der Waals surface area contributed by atoms with Gasteiger partial charge >= 0.3 is 5.69 Å². The van der Waals surface area contributed by atoms with Crippen molar-refractivity contribution in [2.45, 2.75) is 24.3 Å². The number of hydrogen-bond acceptors (Lipinski definition) is 6. The maximum absolute atomic E-state index is 12.8. The largest absolute Gasteiger partial charge is 0.350 e. The highest BCUT2D eigenvalue weighted by Crippen LogP contribution is 2.32. The van der Waals surface area contributed by atoms with Gasteiger partial charge in [0.25, 0.3) is 5.91 Å². The highest BCUT2D eigenvalue weighted by atomic mass is 35.5. The summed E-state index contributed by atoms with van der Waals surface area (Å²) in [5, 5.41) is 17.0. The van der Waals surface area contributed by atoms with E-state index in [4.69, 9.17) is 23.2 Å². The fourth-order valence-electron chi connectivity index (χ4n) is 2.92. The number of nitrogens with one attached hydrogen (secondary N) is 1. The molecular formula is C16H17Cl2N5O5S. The number of sulfonamides is 1. The lowest BCUT2D eigenvalue weighted by molar-refractivity contribution is -0.385. The molecule has 0 radical (unpaired) electrons. The molecule has 1 saturated heterocycles. The van der Waals surface area contributed by atoms with Crippen molar-refractivity contribution < 1.29 is 18.1 Å². The summed E-state index contributed by atoms with van der Waals surface area (Å²) in [4.78, 5) is 22.4. The van der Waals surface area contributed by atoms with E-state index in [1.165, 1.54) is 27.3 Å². The Balaban J connectivity index is 1.73. The molecule has 0 aliphatic carbocycles. The Labute approximate surface area is 176 Å². The van der Waals surface area contributed by atoms with Crippen molar-refractivity contribution >= 4 is 44.8 Å². The second-order valence-corrected chi connectivity index (χ2v) is 9.07. The number of nitrogens with zero attached hydrogens (tertiary/aromatic N) is 4. The van der Waals surface area contributed by atoms with Gasteiger partial charge in [-0.05, 0) is 25.0 Å². The number of carbonyl (C=O) groups is 1. The molecule has 2 heterocycles. The summed E-state index contributed by atoms with van der Waals surface area (Å²) >= 11 is 12.2. The highest BCUT2D eigenvalue weighted by molar-refractivity contribution is 7.89. The molecule has 0 atom stereocenters. The lowest BCUT2D eigenvalue weighted by Crippen LogP contribution is -2.30. The second-order valence-electron chi connectivity index (χ2n) is 6.35. The van der Waals surface area contributed by atoms with Crippen LogP contribution >= 0.6 is 23.2 Å². The smallest absolute Gasteiger partial charge is 0.306 e. The molecule has 1 aromatic carbocycles. The van der Waals surface area contributed by atoms with Crippen LogP contribution in [0.3, 0.4) is 0 Å². The predicted molar refractivity (Wildman–Crippen MR) is 106 cm³/mol. The third kappa shape index (κ3) is 4.69. The van der Waals surface area contributed by atoms with Crippen molar-refractivity contribution in [3.63, 3.8) is 0 Å². The van der Waals surface area contributed by atoms with Gasteiger partial charge in [-0.15, -0.1) is 0 Å². The van der Waals surface area contributed by atoms with Crippen molar-refractivity contribution in [2.75, 3.05) is 19.6 Å². The Hall–Kier alpha value is -2.21. The van der Waals surface area contributed by atoms with Gasteiger partial charge in [0, 0.05) is 19.6 Å². The monoisotopic (exact) mass is 461 g/mol. The zero-order valence-electron chi connectivity index (χ0n) is 15.0. The van der Waals surface area contributed by atoms with Crippen molar-refractivity contribution in [1.82, 2.24) is 19.4 Å². The second kappa shape index (κ2) is 8.66. The number of hydrogen-bond donors (Lipinski definition) is 1. The molecule has 1 amide bonds. The van der Waals surface area contributed by atoms with E-state index < -0.39 is 20.9 Å². The van der Waals surface area contributed by atoms with Gasteiger partial charge in [-0.3, -0.25) is 19.6 Å². The number of benzene rings is 1. The van der Waals surface area contributed by atoms with Gasteiger partial charge in [0.1, 0.15) is 17.3 Å². The fraction of sp³-hybridized carbons (Fsp3) is 0.375. The number of nitro groups is 1. The molecule has 1 fully saturated rings. The Kier molecular flexibility index (Phi) is 6.42. The van der Waals surface area contributed by atoms with Crippen LogP contribution in [0.25, 0.3) is 0 Å². The van der Waals surface area contributed by atoms with Crippen LogP contribution in [0.1, 0.15) is 23.2 Å². The van der Waals surface area contributed by atoms with Gasteiger partial charge in [0.15, 0.2) is 0 Å². The molecule has 0 saturated carbocycles.